The van der Waals surface area contributed by atoms with Crippen molar-refractivity contribution in [3.05, 3.63) is 18.3 Å². The smallest absolute Gasteiger partial charge is 0.339 e. The van der Waals surface area contributed by atoms with Gasteiger partial charge >= 0.3 is 11.6 Å². The molecule has 0 bridgehead atoms. The van der Waals surface area contributed by atoms with Gasteiger partial charge in [0.25, 0.3) is 0 Å². The number of aldehydes is 1. The third-order valence-electron chi connectivity index (χ3n) is 1.40. The number of hydrogen-bond acceptors (Lipinski definition) is 5. The Balaban J connectivity index is 3.13. The first-order valence-electron chi connectivity index (χ1n) is 3.87. The lowest BCUT2D eigenvalue weighted by atomic mass is 10.4. The van der Waals surface area contributed by atoms with E-state index in [4.69, 9.17) is 4.52 Å². The normalized spacial score (nSPS) is 11.4. The molecule has 0 atom stereocenters. The minimum absolute atomic E-state index is 0.0747. The van der Waals surface area contributed by atoms with E-state index in [-0.39, 0.29) is 11.6 Å². The molecule has 74 valence electrons. The van der Waals surface area contributed by atoms with Crippen molar-refractivity contribution in [2.75, 3.05) is 0 Å². The predicted octanol–water partition coefficient (Wildman–Crippen LogP) is -0.629. The molecule has 0 spiro atoms. The van der Waals surface area contributed by atoms with Crippen LogP contribution >= 0.6 is 0 Å². The van der Waals surface area contributed by atoms with Crippen LogP contribution in [0, 0.1) is 0 Å². The summed E-state index contributed by atoms with van der Waals surface area (Å²) in [7, 11) is 0. The number of aromatic nitrogens is 2. The minimum Gasteiger partial charge on any atom is -0.862 e. The number of carbonyl (C=O) groups is 1. The van der Waals surface area contributed by atoms with Crippen LogP contribution in [-0.2, 0) is 6.54 Å². The lowest BCUT2D eigenvalue weighted by Crippen LogP contribution is -2.38. The molecular formula is C8H9N3O3. The van der Waals surface area contributed by atoms with E-state index < -0.39 is 5.90 Å². The number of carbonyl (C=O) groups excluding carboxylic acids is 1. The zero-order valence-corrected chi connectivity index (χ0v) is 7.64. The Hall–Kier alpha value is -1.98. The summed E-state index contributed by atoms with van der Waals surface area (Å²) in [5.74, 6) is -0.524. The molecule has 0 radical (unpaired) electrons. The summed E-state index contributed by atoms with van der Waals surface area (Å²) in [6, 6.07) is 0. The third kappa shape index (κ3) is 2.03. The Kier molecular flexibility index (Phi) is 3.11. The van der Waals surface area contributed by atoms with Gasteiger partial charge in [0.05, 0.1) is 0 Å². The van der Waals surface area contributed by atoms with Crippen molar-refractivity contribution < 1.29 is 19.1 Å². The minimum atomic E-state index is -0.449. The fraction of sp³-hybridized carbons (Fsp3) is 0.250. The van der Waals surface area contributed by atoms with E-state index in [1.165, 1.54) is 11.6 Å². The molecule has 0 fully saturated rings. The zero-order chi connectivity index (χ0) is 10.6. The van der Waals surface area contributed by atoms with Crippen LogP contribution in [0.2, 0.25) is 0 Å². The van der Waals surface area contributed by atoms with E-state index in [0.717, 1.165) is 0 Å². The van der Waals surface area contributed by atoms with Gasteiger partial charge in [-0.05, 0) is 23.6 Å². The molecule has 0 N–H and O–H groups in total. The summed E-state index contributed by atoms with van der Waals surface area (Å²) in [6.07, 6.45) is 2.08. The number of hydrogen-bond donors (Lipinski definition) is 0. The molecule has 0 unspecified atom stereocenters. The van der Waals surface area contributed by atoms with E-state index in [9.17, 15) is 9.90 Å². The lowest BCUT2D eigenvalue weighted by molar-refractivity contribution is -0.754. The van der Waals surface area contributed by atoms with Gasteiger partial charge in [-0.1, -0.05) is 6.58 Å². The molecular weight excluding hydrogens is 186 g/mol. The van der Waals surface area contributed by atoms with Gasteiger partial charge in [0, 0.05) is 0 Å². The van der Waals surface area contributed by atoms with Crippen molar-refractivity contribution in [2.24, 2.45) is 4.99 Å². The fourth-order valence-corrected chi connectivity index (χ4v) is 0.875. The highest BCUT2D eigenvalue weighted by Gasteiger charge is 2.21. The average molecular weight is 195 g/mol. The Labute approximate surface area is 80.1 Å². The average Bonchev–Trinajstić information content (AvgIpc) is 2.47. The van der Waals surface area contributed by atoms with Crippen molar-refractivity contribution in [2.45, 2.75) is 13.5 Å². The van der Waals surface area contributed by atoms with Crippen molar-refractivity contribution in [3.63, 3.8) is 0 Å². The third-order valence-corrected chi connectivity index (χ3v) is 1.40. The monoisotopic (exact) mass is 195 g/mol. The number of aliphatic imine (C=N–C) groups is 1. The summed E-state index contributed by atoms with van der Waals surface area (Å²) in [5, 5.41) is 14.2. The van der Waals surface area contributed by atoms with Crippen LogP contribution in [0.3, 0.4) is 0 Å². The maximum atomic E-state index is 10.6. The van der Waals surface area contributed by atoms with Gasteiger partial charge in [0.1, 0.15) is 0 Å². The van der Waals surface area contributed by atoms with Gasteiger partial charge in [-0.3, -0.25) is 9.32 Å². The van der Waals surface area contributed by atoms with Gasteiger partial charge in [-0.2, -0.15) is 0 Å². The molecule has 0 amide bonds. The van der Waals surface area contributed by atoms with Gasteiger partial charge in [0.2, 0.25) is 11.6 Å². The second-order valence-electron chi connectivity index (χ2n) is 2.48. The molecule has 0 saturated heterocycles. The van der Waals surface area contributed by atoms with Crippen molar-refractivity contribution in [1.82, 2.24) is 5.27 Å². The Morgan fingerprint density at radius 3 is 3.07 bits per heavy atom. The van der Waals surface area contributed by atoms with Crippen LogP contribution in [0.1, 0.15) is 17.4 Å². The maximum Gasteiger partial charge on any atom is 0.339 e. The summed E-state index contributed by atoms with van der Waals surface area (Å²) in [4.78, 5) is 14.1. The molecule has 0 aromatic carbocycles. The van der Waals surface area contributed by atoms with Crippen LogP contribution in [0.15, 0.2) is 22.2 Å². The summed E-state index contributed by atoms with van der Waals surface area (Å²) < 4.78 is 5.96. The molecule has 1 heterocycles. The van der Waals surface area contributed by atoms with Gasteiger partial charge < -0.3 is 5.11 Å². The molecule has 1 rings (SSSR count). The molecule has 0 aliphatic carbocycles. The summed E-state index contributed by atoms with van der Waals surface area (Å²) in [5.41, 5.74) is 0.125. The highest BCUT2D eigenvalue weighted by Crippen LogP contribution is 2.11. The van der Waals surface area contributed by atoms with Crippen molar-refractivity contribution >= 4 is 18.1 Å². The molecule has 1 aromatic heterocycles. The molecule has 14 heavy (non-hydrogen) atoms. The highest BCUT2D eigenvalue weighted by molar-refractivity contribution is 5.79. The molecule has 1 aromatic rings. The largest absolute Gasteiger partial charge is 0.862 e. The first-order chi connectivity index (χ1) is 6.69. The van der Waals surface area contributed by atoms with Gasteiger partial charge in [0.15, 0.2) is 6.54 Å². The van der Waals surface area contributed by atoms with E-state index in [0.29, 0.717) is 12.8 Å². The van der Waals surface area contributed by atoms with Crippen LogP contribution in [0.5, 0.6) is 0 Å². The first-order valence-corrected chi connectivity index (χ1v) is 3.87. The van der Waals surface area contributed by atoms with E-state index in [1.807, 2.05) is 0 Å². The topological polar surface area (TPSA) is 82.4 Å². The molecule has 6 nitrogen and oxygen atoms in total. The Morgan fingerprint density at radius 2 is 2.57 bits per heavy atom. The van der Waals surface area contributed by atoms with Crippen LogP contribution in [0.25, 0.3) is 0 Å². The first kappa shape index (κ1) is 10.1. The summed E-state index contributed by atoms with van der Waals surface area (Å²) >= 11 is 0. The lowest BCUT2D eigenvalue weighted by Gasteiger charge is -1.96. The number of allylic oxidation sites excluding steroid dienone is 1. The molecule has 0 saturated carbocycles. The zero-order valence-electron chi connectivity index (χ0n) is 7.64. The van der Waals surface area contributed by atoms with E-state index in [1.54, 1.807) is 6.08 Å². The number of rotatable bonds is 4. The van der Waals surface area contributed by atoms with Crippen LogP contribution in [-0.4, -0.2) is 17.5 Å². The van der Waals surface area contributed by atoms with Crippen molar-refractivity contribution in [1.29, 1.82) is 0 Å². The van der Waals surface area contributed by atoms with E-state index >= 15 is 0 Å². The number of nitrogens with zero attached hydrogens (tertiary/aromatic N) is 3. The molecule has 0 aliphatic rings. The quantitative estimate of drug-likeness (QED) is 0.210. The Bertz CT molecular complexity index is 377. The van der Waals surface area contributed by atoms with Crippen molar-refractivity contribution in [3.8, 4) is 0 Å². The highest BCUT2D eigenvalue weighted by atomic mass is 16.5. The van der Waals surface area contributed by atoms with Crippen LogP contribution < -0.4 is 9.79 Å². The van der Waals surface area contributed by atoms with Gasteiger partial charge in [-0.15, -0.1) is 0 Å². The second kappa shape index (κ2) is 4.31. The van der Waals surface area contributed by atoms with Gasteiger partial charge in [-0.25, -0.2) is 4.99 Å². The predicted molar refractivity (Wildman–Crippen MR) is 45.1 cm³/mol. The second-order valence-corrected chi connectivity index (χ2v) is 2.48. The van der Waals surface area contributed by atoms with E-state index in [2.05, 4.69) is 16.8 Å². The molecule has 6 heteroatoms. The van der Waals surface area contributed by atoms with Crippen LogP contribution in [0.4, 0.5) is 5.88 Å². The molecule has 0 aliphatic heterocycles. The summed E-state index contributed by atoms with van der Waals surface area (Å²) in [6.45, 7) is 5.07. The Morgan fingerprint density at radius 1 is 1.86 bits per heavy atom. The maximum absolute atomic E-state index is 10.6. The standard InChI is InChI=1S/C8H9N3O3/c1-3-4-11-7(5-12)8(14-10-11)9-6(2)13/h3,5H,1,4H2,2H3. The SMILES string of the molecule is C=CC[n+]1noc(/N=C(\C)[O-])c1C=O. The fourth-order valence-electron chi connectivity index (χ4n) is 0.875.